The summed E-state index contributed by atoms with van der Waals surface area (Å²) in [5.74, 6) is -3.19. The van der Waals surface area contributed by atoms with Gasteiger partial charge in [-0.05, 0) is 12.8 Å². The first kappa shape index (κ1) is 11.4. The third-order valence-corrected chi connectivity index (χ3v) is 3.21. The number of aliphatic hydroxyl groups is 1. The lowest BCUT2D eigenvalue weighted by Gasteiger charge is -2.36. The van der Waals surface area contributed by atoms with Crippen LogP contribution in [-0.4, -0.2) is 40.5 Å². The van der Waals surface area contributed by atoms with Gasteiger partial charge in [0.15, 0.2) is 0 Å². The molecule has 1 fully saturated rings. The van der Waals surface area contributed by atoms with Crippen LogP contribution in [0.15, 0.2) is 0 Å². The monoisotopic (exact) mass is 207 g/mol. The van der Waals surface area contributed by atoms with Gasteiger partial charge >= 0.3 is 0 Å². The Bertz CT molecular complexity index is 229. The van der Waals surface area contributed by atoms with E-state index in [2.05, 4.69) is 0 Å². The van der Waals surface area contributed by atoms with Crippen LogP contribution in [0.5, 0.6) is 0 Å². The first-order valence-corrected chi connectivity index (χ1v) is 4.72. The number of aliphatic hydroxyl groups excluding tert-OH is 1. The molecule has 82 valence electrons. The van der Waals surface area contributed by atoms with E-state index in [1.54, 1.807) is 13.8 Å². The molecule has 0 spiro atoms. The van der Waals surface area contributed by atoms with Crippen molar-refractivity contribution in [3.63, 3.8) is 0 Å². The van der Waals surface area contributed by atoms with E-state index in [-0.39, 0.29) is 0 Å². The highest BCUT2D eigenvalue weighted by Crippen LogP contribution is 2.42. The van der Waals surface area contributed by atoms with Crippen molar-refractivity contribution in [3.05, 3.63) is 0 Å². The number of alkyl halides is 2. The average Bonchev–Trinajstić information content (AvgIpc) is 2.36. The van der Waals surface area contributed by atoms with Crippen LogP contribution in [0.2, 0.25) is 0 Å². The molecule has 1 N–H and O–H groups in total. The maximum absolute atomic E-state index is 13.2. The van der Waals surface area contributed by atoms with Crippen LogP contribution in [0, 0.1) is 0 Å². The molecule has 1 rings (SSSR count). The summed E-state index contributed by atoms with van der Waals surface area (Å²) in [7, 11) is 0. The normalized spacial score (nSPS) is 29.2. The number of nitrogens with zero attached hydrogens (tertiary/aromatic N) is 1. The summed E-state index contributed by atoms with van der Waals surface area (Å²) in [5.41, 5.74) is -1.09. The Hall–Kier alpha value is -0.710. The summed E-state index contributed by atoms with van der Waals surface area (Å²) >= 11 is 0. The number of likely N-dealkylation sites (tertiary alicyclic amines) is 1. The lowest BCUT2D eigenvalue weighted by molar-refractivity contribution is -0.124. The van der Waals surface area contributed by atoms with E-state index in [1.165, 1.54) is 0 Å². The minimum Gasteiger partial charge on any atom is -0.384 e. The molecule has 1 atom stereocenters. The summed E-state index contributed by atoms with van der Waals surface area (Å²) in [6, 6.07) is 0. The maximum Gasteiger partial charge on any atom is 0.292 e. The van der Waals surface area contributed by atoms with Crippen LogP contribution in [-0.2, 0) is 4.79 Å². The van der Waals surface area contributed by atoms with Gasteiger partial charge in [-0.15, -0.1) is 0 Å². The number of carbonyl (C=O) groups is 1. The molecule has 0 bridgehead atoms. The fourth-order valence-electron chi connectivity index (χ4n) is 2.21. The number of amides is 1. The van der Waals surface area contributed by atoms with Crippen molar-refractivity contribution in [3.8, 4) is 0 Å². The second kappa shape index (κ2) is 3.46. The van der Waals surface area contributed by atoms with Crippen molar-refractivity contribution in [1.29, 1.82) is 0 Å². The molecule has 0 radical (unpaired) electrons. The van der Waals surface area contributed by atoms with Gasteiger partial charge in [0.1, 0.15) is 6.10 Å². The Labute approximate surface area is 81.7 Å². The molecule has 1 amide bonds. The van der Waals surface area contributed by atoms with Gasteiger partial charge in [0.2, 0.25) is 6.41 Å². The molecule has 1 saturated heterocycles. The smallest absolute Gasteiger partial charge is 0.292 e. The summed E-state index contributed by atoms with van der Waals surface area (Å²) in [5, 5.41) is 9.52. The standard InChI is InChI=1S/C9H15F2NO2/c1-3-8(4-2)7(14)9(10,11)5-12(8)6-13/h6-7,14H,3-5H2,1-2H3. The highest BCUT2D eigenvalue weighted by Gasteiger charge is 2.60. The second-order valence-corrected chi connectivity index (χ2v) is 3.71. The van der Waals surface area contributed by atoms with E-state index in [9.17, 15) is 18.7 Å². The zero-order valence-corrected chi connectivity index (χ0v) is 8.33. The summed E-state index contributed by atoms with van der Waals surface area (Å²) in [6.07, 6.45) is -0.690. The van der Waals surface area contributed by atoms with E-state index in [4.69, 9.17) is 0 Å². The molecule has 0 aliphatic carbocycles. The Morgan fingerprint density at radius 1 is 1.50 bits per heavy atom. The topological polar surface area (TPSA) is 40.5 Å². The predicted octanol–water partition coefficient (Wildman–Crippen LogP) is 1.01. The van der Waals surface area contributed by atoms with Crippen molar-refractivity contribution in [2.45, 2.75) is 44.3 Å². The second-order valence-electron chi connectivity index (χ2n) is 3.71. The van der Waals surface area contributed by atoms with Crippen LogP contribution < -0.4 is 0 Å². The van der Waals surface area contributed by atoms with Gasteiger partial charge < -0.3 is 10.0 Å². The highest BCUT2D eigenvalue weighted by atomic mass is 19.3. The summed E-state index contributed by atoms with van der Waals surface area (Å²) in [4.78, 5) is 11.7. The van der Waals surface area contributed by atoms with Gasteiger partial charge in [-0.2, -0.15) is 0 Å². The lowest BCUT2D eigenvalue weighted by Crippen LogP contribution is -2.50. The fraction of sp³-hybridized carbons (Fsp3) is 0.889. The number of carbonyl (C=O) groups excluding carboxylic acids is 1. The first-order valence-electron chi connectivity index (χ1n) is 4.72. The van der Waals surface area contributed by atoms with Gasteiger partial charge in [0.05, 0.1) is 12.1 Å². The molecule has 1 aliphatic rings. The minimum atomic E-state index is -3.19. The largest absolute Gasteiger partial charge is 0.384 e. The first-order chi connectivity index (χ1) is 6.44. The molecular formula is C9H15F2NO2. The van der Waals surface area contributed by atoms with Crippen molar-refractivity contribution >= 4 is 6.41 Å². The van der Waals surface area contributed by atoms with E-state index in [0.29, 0.717) is 19.3 Å². The summed E-state index contributed by atoms with van der Waals surface area (Å²) in [6.45, 7) is 2.72. The van der Waals surface area contributed by atoms with Crippen molar-refractivity contribution in [2.24, 2.45) is 0 Å². The molecule has 0 aromatic carbocycles. The van der Waals surface area contributed by atoms with E-state index >= 15 is 0 Å². The zero-order chi connectivity index (χ0) is 11.0. The maximum atomic E-state index is 13.2. The Morgan fingerprint density at radius 2 is 2.00 bits per heavy atom. The molecule has 1 aliphatic heterocycles. The minimum absolute atomic E-state index is 0.332. The predicted molar refractivity (Wildman–Crippen MR) is 47.0 cm³/mol. The molecule has 1 unspecified atom stereocenters. The summed E-state index contributed by atoms with van der Waals surface area (Å²) < 4.78 is 26.4. The molecular weight excluding hydrogens is 192 g/mol. The van der Waals surface area contributed by atoms with E-state index in [0.717, 1.165) is 4.90 Å². The number of halogens is 2. The zero-order valence-electron chi connectivity index (χ0n) is 8.33. The molecule has 1 heterocycles. The van der Waals surface area contributed by atoms with Crippen molar-refractivity contribution in [2.75, 3.05) is 6.54 Å². The molecule has 14 heavy (non-hydrogen) atoms. The number of hydrogen-bond acceptors (Lipinski definition) is 2. The van der Waals surface area contributed by atoms with Crippen LogP contribution in [0.1, 0.15) is 26.7 Å². The van der Waals surface area contributed by atoms with E-state index in [1.807, 2.05) is 0 Å². The molecule has 3 nitrogen and oxygen atoms in total. The third-order valence-electron chi connectivity index (χ3n) is 3.21. The molecule has 0 aromatic heterocycles. The van der Waals surface area contributed by atoms with Crippen molar-refractivity contribution < 1.29 is 18.7 Å². The SMILES string of the molecule is CCC1(CC)C(O)C(F)(F)CN1C=O. The van der Waals surface area contributed by atoms with Gasteiger partial charge in [-0.3, -0.25) is 4.79 Å². The van der Waals surface area contributed by atoms with Gasteiger partial charge in [0.25, 0.3) is 5.92 Å². The molecule has 5 heteroatoms. The quantitative estimate of drug-likeness (QED) is 0.702. The molecule has 0 aromatic rings. The highest BCUT2D eigenvalue weighted by molar-refractivity contribution is 5.51. The number of hydrogen-bond donors (Lipinski definition) is 1. The van der Waals surface area contributed by atoms with Gasteiger partial charge in [-0.1, -0.05) is 13.8 Å². The van der Waals surface area contributed by atoms with Crippen molar-refractivity contribution in [1.82, 2.24) is 4.90 Å². The van der Waals surface area contributed by atoms with Crippen LogP contribution in [0.4, 0.5) is 8.78 Å². The van der Waals surface area contributed by atoms with Gasteiger partial charge in [-0.25, -0.2) is 8.78 Å². The third kappa shape index (κ3) is 1.30. The van der Waals surface area contributed by atoms with Crippen LogP contribution >= 0.6 is 0 Å². The lowest BCUT2D eigenvalue weighted by atomic mass is 9.86. The number of rotatable bonds is 3. The molecule has 0 saturated carbocycles. The van der Waals surface area contributed by atoms with Gasteiger partial charge in [0, 0.05) is 0 Å². The Balaban J connectivity index is 3.07. The average molecular weight is 207 g/mol. The fourth-order valence-corrected chi connectivity index (χ4v) is 2.21. The van der Waals surface area contributed by atoms with Crippen LogP contribution in [0.3, 0.4) is 0 Å². The van der Waals surface area contributed by atoms with Crippen LogP contribution in [0.25, 0.3) is 0 Å². The Kier molecular flexibility index (Phi) is 2.81. The Morgan fingerprint density at radius 3 is 2.29 bits per heavy atom. The van der Waals surface area contributed by atoms with E-state index < -0.39 is 24.1 Å².